The van der Waals surface area contributed by atoms with Crippen molar-refractivity contribution in [2.24, 2.45) is 11.8 Å². The fourth-order valence-corrected chi connectivity index (χ4v) is 2.99. The second-order valence-electron chi connectivity index (χ2n) is 5.74. The Morgan fingerprint density at radius 3 is 2.36 bits per heavy atom. The zero-order valence-electron chi connectivity index (χ0n) is 12.7. The third-order valence-corrected chi connectivity index (χ3v) is 4.27. The molecule has 0 saturated carbocycles. The van der Waals surface area contributed by atoms with E-state index in [1.165, 1.54) is 11.1 Å². The molecule has 114 valence electrons. The lowest BCUT2D eigenvalue weighted by Gasteiger charge is -2.15. The molecule has 0 spiro atoms. The molecule has 22 heavy (non-hydrogen) atoms. The monoisotopic (exact) mass is 296 g/mol. The van der Waals surface area contributed by atoms with Gasteiger partial charge in [-0.1, -0.05) is 42.5 Å². The first kappa shape index (κ1) is 14.6. The highest BCUT2D eigenvalue weighted by atomic mass is 16.5. The SMILES string of the molecule is COc1ccc(C[C@@H]2COC(=O)[C@@H]2Cc2ccccc2)cc1. The molecule has 0 unspecified atom stereocenters. The Kier molecular flexibility index (Phi) is 4.42. The van der Waals surface area contributed by atoms with E-state index in [0.717, 1.165) is 18.6 Å². The molecule has 1 aliphatic heterocycles. The Morgan fingerprint density at radius 2 is 1.68 bits per heavy atom. The summed E-state index contributed by atoms with van der Waals surface area (Å²) in [6, 6.07) is 18.2. The highest BCUT2D eigenvalue weighted by Gasteiger charge is 2.36. The van der Waals surface area contributed by atoms with Crippen LogP contribution in [-0.4, -0.2) is 19.7 Å². The number of hydrogen-bond acceptors (Lipinski definition) is 3. The van der Waals surface area contributed by atoms with E-state index in [4.69, 9.17) is 9.47 Å². The van der Waals surface area contributed by atoms with E-state index in [-0.39, 0.29) is 17.8 Å². The molecule has 2 aromatic carbocycles. The highest BCUT2D eigenvalue weighted by Crippen LogP contribution is 2.29. The average Bonchev–Trinajstić information content (AvgIpc) is 2.90. The molecule has 1 fully saturated rings. The molecule has 1 heterocycles. The lowest BCUT2D eigenvalue weighted by molar-refractivity contribution is -0.141. The summed E-state index contributed by atoms with van der Waals surface area (Å²) in [4.78, 5) is 12.0. The minimum Gasteiger partial charge on any atom is -0.497 e. The third kappa shape index (κ3) is 3.30. The third-order valence-electron chi connectivity index (χ3n) is 4.27. The van der Waals surface area contributed by atoms with Crippen LogP contribution in [-0.2, 0) is 22.4 Å². The highest BCUT2D eigenvalue weighted by molar-refractivity contribution is 5.75. The minimum atomic E-state index is -0.0673. The molecule has 3 heteroatoms. The topological polar surface area (TPSA) is 35.5 Å². The van der Waals surface area contributed by atoms with E-state index in [2.05, 4.69) is 24.3 Å². The van der Waals surface area contributed by atoms with Gasteiger partial charge in [-0.15, -0.1) is 0 Å². The number of benzene rings is 2. The van der Waals surface area contributed by atoms with Crippen LogP contribution in [0.25, 0.3) is 0 Å². The second kappa shape index (κ2) is 6.65. The van der Waals surface area contributed by atoms with Crippen molar-refractivity contribution in [2.45, 2.75) is 12.8 Å². The first-order valence-corrected chi connectivity index (χ1v) is 7.60. The van der Waals surface area contributed by atoms with E-state index in [9.17, 15) is 4.79 Å². The van der Waals surface area contributed by atoms with Gasteiger partial charge in [-0.05, 0) is 36.1 Å². The summed E-state index contributed by atoms with van der Waals surface area (Å²) in [6.07, 6.45) is 1.60. The predicted octanol–water partition coefficient (Wildman–Crippen LogP) is 3.27. The van der Waals surface area contributed by atoms with Gasteiger partial charge >= 0.3 is 5.97 Å². The standard InChI is InChI=1S/C19H20O3/c1-21-17-9-7-15(8-10-17)11-16-13-22-19(20)18(16)12-14-5-3-2-4-6-14/h2-10,16,18H,11-13H2,1H3/t16-,18-/m1/s1. The second-order valence-corrected chi connectivity index (χ2v) is 5.74. The van der Waals surface area contributed by atoms with Gasteiger partial charge < -0.3 is 9.47 Å². The van der Waals surface area contributed by atoms with Crippen molar-refractivity contribution in [3.63, 3.8) is 0 Å². The molecular formula is C19H20O3. The fourth-order valence-electron chi connectivity index (χ4n) is 2.99. The number of esters is 1. The number of hydrogen-bond donors (Lipinski definition) is 0. The number of carbonyl (C=O) groups is 1. The van der Waals surface area contributed by atoms with Crippen molar-refractivity contribution in [2.75, 3.05) is 13.7 Å². The van der Waals surface area contributed by atoms with Crippen LogP contribution in [0.2, 0.25) is 0 Å². The van der Waals surface area contributed by atoms with E-state index < -0.39 is 0 Å². The number of carbonyl (C=O) groups excluding carboxylic acids is 1. The van der Waals surface area contributed by atoms with Crippen LogP contribution in [0.15, 0.2) is 54.6 Å². The maximum absolute atomic E-state index is 12.0. The molecule has 0 N–H and O–H groups in total. The van der Waals surface area contributed by atoms with Crippen LogP contribution < -0.4 is 4.74 Å². The quantitative estimate of drug-likeness (QED) is 0.794. The van der Waals surface area contributed by atoms with Gasteiger partial charge in [-0.25, -0.2) is 0 Å². The maximum Gasteiger partial charge on any atom is 0.309 e. The van der Waals surface area contributed by atoms with Gasteiger partial charge in [0.15, 0.2) is 0 Å². The predicted molar refractivity (Wildman–Crippen MR) is 84.8 cm³/mol. The van der Waals surface area contributed by atoms with Crippen molar-refractivity contribution >= 4 is 5.97 Å². The molecule has 0 radical (unpaired) electrons. The number of methoxy groups -OCH3 is 1. The number of rotatable bonds is 5. The largest absolute Gasteiger partial charge is 0.497 e. The van der Waals surface area contributed by atoms with Crippen LogP contribution in [0.5, 0.6) is 5.75 Å². The average molecular weight is 296 g/mol. The summed E-state index contributed by atoms with van der Waals surface area (Å²) in [5.74, 6) is 0.969. The summed E-state index contributed by atoms with van der Waals surface area (Å²) in [5.41, 5.74) is 2.40. The molecule has 1 aliphatic rings. The summed E-state index contributed by atoms with van der Waals surface area (Å²) in [5, 5.41) is 0. The Labute approximate surface area is 130 Å². The molecule has 3 nitrogen and oxygen atoms in total. The van der Waals surface area contributed by atoms with Crippen LogP contribution in [0.4, 0.5) is 0 Å². The molecule has 0 bridgehead atoms. The Balaban J connectivity index is 1.70. The van der Waals surface area contributed by atoms with E-state index in [0.29, 0.717) is 6.61 Å². The maximum atomic E-state index is 12.0. The van der Waals surface area contributed by atoms with E-state index in [1.54, 1.807) is 7.11 Å². The van der Waals surface area contributed by atoms with Gasteiger partial charge in [0, 0.05) is 5.92 Å². The molecule has 0 amide bonds. The number of ether oxygens (including phenoxy) is 2. The summed E-state index contributed by atoms with van der Waals surface area (Å²) in [7, 11) is 1.66. The van der Waals surface area contributed by atoms with E-state index in [1.807, 2.05) is 30.3 Å². The Morgan fingerprint density at radius 1 is 1.00 bits per heavy atom. The molecule has 2 atom stereocenters. The number of cyclic esters (lactones) is 1. The molecule has 0 aliphatic carbocycles. The van der Waals surface area contributed by atoms with Crippen molar-refractivity contribution in [3.05, 3.63) is 65.7 Å². The van der Waals surface area contributed by atoms with Gasteiger partial charge in [-0.2, -0.15) is 0 Å². The van der Waals surface area contributed by atoms with Crippen LogP contribution >= 0.6 is 0 Å². The molecule has 0 aromatic heterocycles. The van der Waals surface area contributed by atoms with Crippen molar-refractivity contribution in [3.8, 4) is 5.75 Å². The Hall–Kier alpha value is -2.29. The molecule has 3 rings (SSSR count). The van der Waals surface area contributed by atoms with Crippen molar-refractivity contribution in [1.29, 1.82) is 0 Å². The Bertz CT molecular complexity index is 619. The lowest BCUT2D eigenvalue weighted by Crippen LogP contribution is -2.20. The van der Waals surface area contributed by atoms with Gasteiger partial charge in [0.1, 0.15) is 5.75 Å². The van der Waals surface area contributed by atoms with Gasteiger partial charge in [0.05, 0.1) is 19.6 Å². The molecule has 2 aromatic rings. The van der Waals surface area contributed by atoms with Gasteiger partial charge in [0.25, 0.3) is 0 Å². The molecule has 1 saturated heterocycles. The minimum absolute atomic E-state index is 0.0514. The fraction of sp³-hybridized carbons (Fsp3) is 0.316. The van der Waals surface area contributed by atoms with Crippen LogP contribution in [0, 0.1) is 11.8 Å². The van der Waals surface area contributed by atoms with Crippen LogP contribution in [0.1, 0.15) is 11.1 Å². The first-order chi connectivity index (χ1) is 10.8. The van der Waals surface area contributed by atoms with Gasteiger partial charge in [-0.3, -0.25) is 4.79 Å². The summed E-state index contributed by atoms with van der Waals surface area (Å²) < 4.78 is 10.5. The normalized spacial score (nSPS) is 20.7. The smallest absolute Gasteiger partial charge is 0.309 e. The van der Waals surface area contributed by atoms with Gasteiger partial charge in [0.2, 0.25) is 0 Å². The van der Waals surface area contributed by atoms with Crippen LogP contribution in [0.3, 0.4) is 0 Å². The molecular weight excluding hydrogens is 276 g/mol. The summed E-state index contributed by atoms with van der Waals surface area (Å²) >= 11 is 0. The zero-order chi connectivity index (χ0) is 15.4. The van der Waals surface area contributed by atoms with Crippen molar-refractivity contribution in [1.82, 2.24) is 0 Å². The zero-order valence-corrected chi connectivity index (χ0v) is 12.7. The van der Waals surface area contributed by atoms with E-state index >= 15 is 0 Å². The first-order valence-electron chi connectivity index (χ1n) is 7.60. The lowest BCUT2D eigenvalue weighted by atomic mass is 9.85. The summed E-state index contributed by atoms with van der Waals surface area (Å²) in [6.45, 7) is 0.516. The van der Waals surface area contributed by atoms with Crippen molar-refractivity contribution < 1.29 is 14.3 Å².